The molecule has 1 saturated heterocycles. The second-order valence-corrected chi connectivity index (χ2v) is 11.8. The number of alkyl halides is 1. The summed E-state index contributed by atoms with van der Waals surface area (Å²) in [7, 11) is 0. The van der Waals surface area contributed by atoms with E-state index in [0.29, 0.717) is 15.8 Å². The molecule has 2 heterocycles. The van der Waals surface area contributed by atoms with Gasteiger partial charge in [0.2, 0.25) is 5.91 Å². The van der Waals surface area contributed by atoms with E-state index in [2.05, 4.69) is 26.2 Å². The quantitative estimate of drug-likeness (QED) is 0.693. The van der Waals surface area contributed by atoms with Crippen LogP contribution in [-0.2, 0) is 4.79 Å². The summed E-state index contributed by atoms with van der Waals surface area (Å²) >= 11 is 4.06. The first kappa shape index (κ1) is 19.5. The lowest BCUT2D eigenvalue weighted by atomic mass is 9.48. The van der Waals surface area contributed by atoms with Gasteiger partial charge in [-0.3, -0.25) is 14.6 Å². The fourth-order valence-corrected chi connectivity index (χ4v) is 8.52. The summed E-state index contributed by atoms with van der Waals surface area (Å²) in [5.74, 6) is 1.90. The van der Waals surface area contributed by atoms with E-state index >= 15 is 0 Å². The van der Waals surface area contributed by atoms with Crippen LogP contribution in [0.25, 0.3) is 0 Å². The van der Waals surface area contributed by atoms with Crippen LogP contribution in [0.5, 0.6) is 0 Å². The van der Waals surface area contributed by atoms with Gasteiger partial charge >= 0.3 is 0 Å². The smallest absolute Gasteiger partial charge is 0.253 e. The van der Waals surface area contributed by atoms with Gasteiger partial charge in [0.25, 0.3) is 5.91 Å². The van der Waals surface area contributed by atoms with E-state index in [4.69, 9.17) is 0 Å². The summed E-state index contributed by atoms with van der Waals surface area (Å²) in [4.78, 5) is 31.5. The van der Waals surface area contributed by atoms with Gasteiger partial charge in [0.1, 0.15) is 0 Å². The van der Waals surface area contributed by atoms with Crippen molar-refractivity contribution in [3.05, 3.63) is 30.1 Å². The van der Waals surface area contributed by atoms with Crippen LogP contribution >= 0.6 is 15.9 Å². The number of carbonyl (C=O) groups excluding carboxylic acids is 2. The zero-order valence-corrected chi connectivity index (χ0v) is 18.5. The van der Waals surface area contributed by atoms with Crippen molar-refractivity contribution in [2.24, 2.45) is 17.3 Å². The average Bonchev–Trinajstić information content (AvgIpc) is 2.67. The molecule has 4 bridgehead atoms. The Morgan fingerprint density at radius 3 is 2.52 bits per heavy atom. The largest absolute Gasteiger partial charge is 0.349 e. The molecule has 1 N–H and O–H groups in total. The van der Waals surface area contributed by atoms with Crippen LogP contribution in [0, 0.1) is 17.3 Å². The Morgan fingerprint density at radius 1 is 1.17 bits per heavy atom. The monoisotopic (exact) mass is 459 g/mol. The van der Waals surface area contributed by atoms with Gasteiger partial charge in [0, 0.05) is 42.3 Å². The molecule has 5 fully saturated rings. The van der Waals surface area contributed by atoms with Gasteiger partial charge in [0.05, 0.1) is 5.56 Å². The summed E-state index contributed by atoms with van der Waals surface area (Å²) in [5, 5.41) is 3.10. The van der Waals surface area contributed by atoms with E-state index in [1.807, 2.05) is 4.90 Å². The predicted octanol–water partition coefficient (Wildman–Crippen LogP) is 3.93. The third-order valence-electron chi connectivity index (χ3n) is 7.74. The Kier molecular flexibility index (Phi) is 4.96. The number of piperidine rings is 1. The van der Waals surface area contributed by atoms with E-state index in [0.717, 1.165) is 44.2 Å². The Morgan fingerprint density at radius 2 is 1.90 bits per heavy atom. The fraction of sp³-hybridized carbons (Fsp3) is 0.696. The molecule has 6 heteroatoms. The molecule has 2 atom stereocenters. The van der Waals surface area contributed by atoms with Crippen molar-refractivity contribution >= 4 is 27.7 Å². The molecule has 2 amide bonds. The van der Waals surface area contributed by atoms with Crippen LogP contribution in [-0.4, -0.2) is 45.2 Å². The first-order valence-corrected chi connectivity index (χ1v) is 11.9. The van der Waals surface area contributed by atoms with Gasteiger partial charge in [-0.1, -0.05) is 15.9 Å². The standard InChI is InChI=1S/C23H30BrN3O2/c24-23-11-16-8-17(12-23)10-22(9-16,15-23)13-20(28)27-6-3-19(4-7-27)26-21(29)18-2-1-5-25-14-18/h1-2,5,14,16-17,19H,3-4,6-13,15H2,(H,26,29). The number of hydrogen-bond donors (Lipinski definition) is 1. The fourth-order valence-electron chi connectivity index (χ4n) is 7.01. The molecule has 1 aromatic rings. The summed E-state index contributed by atoms with van der Waals surface area (Å²) < 4.78 is 0.306. The van der Waals surface area contributed by atoms with E-state index in [1.165, 1.54) is 38.5 Å². The van der Waals surface area contributed by atoms with E-state index in [1.54, 1.807) is 24.5 Å². The Bertz CT molecular complexity index is 777. The number of nitrogens with zero attached hydrogens (tertiary/aromatic N) is 2. The molecule has 1 aromatic heterocycles. The SMILES string of the molecule is O=C(NC1CCN(C(=O)CC23CC4CC(CC(Br)(C4)C2)C3)CC1)c1cccnc1. The number of likely N-dealkylation sites (tertiary alicyclic amines) is 1. The first-order valence-electron chi connectivity index (χ1n) is 11.1. The predicted molar refractivity (Wildman–Crippen MR) is 115 cm³/mol. The normalized spacial score (nSPS) is 36.2. The second-order valence-electron chi connectivity index (χ2n) is 10.2. The van der Waals surface area contributed by atoms with Crippen LogP contribution in [0.2, 0.25) is 0 Å². The van der Waals surface area contributed by atoms with Gasteiger partial charge in [-0.15, -0.1) is 0 Å². The Hall–Kier alpha value is -1.43. The average molecular weight is 460 g/mol. The maximum Gasteiger partial charge on any atom is 0.253 e. The van der Waals surface area contributed by atoms with Gasteiger partial charge in [-0.05, 0) is 80.8 Å². The lowest BCUT2D eigenvalue weighted by Crippen LogP contribution is -2.54. The first-order chi connectivity index (χ1) is 13.9. The maximum absolute atomic E-state index is 13.2. The highest BCUT2D eigenvalue weighted by Gasteiger charge is 2.57. The van der Waals surface area contributed by atoms with Crippen molar-refractivity contribution in [2.75, 3.05) is 13.1 Å². The van der Waals surface area contributed by atoms with E-state index in [-0.39, 0.29) is 17.4 Å². The molecule has 0 aromatic carbocycles. The van der Waals surface area contributed by atoms with Crippen molar-refractivity contribution in [1.82, 2.24) is 15.2 Å². The third kappa shape index (κ3) is 3.97. The highest BCUT2D eigenvalue weighted by atomic mass is 79.9. The van der Waals surface area contributed by atoms with Crippen molar-refractivity contribution in [3.63, 3.8) is 0 Å². The van der Waals surface area contributed by atoms with Crippen LogP contribution in [0.4, 0.5) is 0 Å². The molecule has 4 saturated carbocycles. The molecular formula is C23H30BrN3O2. The van der Waals surface area contributed by atoms with E-state index < -0.39 is 0 Å². The molecular weight excluding hydrogens is 430 g/mol. The van der Waals surface area contributed by atoms with Crippen molar-refractivity contribution in [1.29, 1.82) is 0 Å². The van der Waals surface area contributed by atoms with Crippen LogP contribution in [0.1, 0.15) is 68.1 Å². The molecule has 156 valence electrons. The van der Waals surface area contributed by atoms with E-state index in [9.17, 15) is 9.59 Å². The zero-order valence-electron chi connectivity index (χ0n) is 16.9. The minimum absolute atomic E-state index is 0.0703. The van der Waals surface area contributed by atoms with Gasteiger partial charge in [0.15, 0.2) is 0 Å². The topological polar surface area (TPSA) is 62.3 Å². The summed E-state index contributed by atoms with van der Waals surface area (Å²) in [5.41, 5.74) is 0.826. The maximum atomic E-state index is 13.2. The second kappa shape index (κ2) is 7.36. The number of rotatable bonds is 4. The third-order valence-corrected chi connectivity index (χ3v) is 8.67. The highest BCUT2D eigenvalue weighted by Crippen LogP contribution is 2.65. The minimum Gasteiger partial charge on any atom is -0.349 e. The molecule has 0 spiro atoms. The number of aromatic nitrogens is 1. The molecule has 2 unspecified atom stereocenters. The zero-order chi connectivity index (χ0) is 20.1. The van der Waals surface area contributed by atoms with Gasteiger partial charge in [-0.2, -0.15) is 0 Å². The number of amides is 2. The van der Waals surface area contributed by atoms with Gasteiger partial charge < -0.3 is 10.2 Å². The number of halogens is 1. The summed E-state index contributed by atoms with van der Waals surface area (Å²) in [6, 6.07) is 3.69. The molecule has 4 aliphatic carbocycles. The van der Waals surface area contributed by atoms with Crippen LogP contribution in [0.15, 0.2) is 24.5 Å². The van der Waals surface area contributed by atoms with Crippen LogP contribution < -0.4 is 5.32 Å². The Labute approximate surface area is 181 Å². The minimum atomic E-state index is -0.0703. The lowest BCUT2D eigenvalue weighted by molar-refractivity contribution is -0.139. The molecule has 5 nitrogen and oxygen atoms in total. The molecule has 1 aliphatic heterocycles. The van der Waals surface area contributed by atoms with Crippen molar-refractivity contribution in [2.45, 2.75) is 68.2 Å². The lowest BCUT2D eigenvalue weighted by Gasteiger charge is -2.60. The molecule has 5 aliphatic rings. The number of carbonyl (C=O) groups is 2. The highest BCUT2D eigenvalue weighted by molar-refractivity contribution is 9.10. The number of hydrogen-bond acceptors (Lipinski definition) is 3. The molecule has 29 heavy (non-hydrogen) atoms. The number of pyridine rings is 1. The van der Waals surface area contributed by atoms with Gasteiger partial charge in [-0.25, -0.2) is 0 Å². The molecule has 6 rings (SSSR count). The summed E-state index contributed by atoms with van der Waals surface area (Å²) in [6.45, 7) is 1.50. The van der Waals surface area contributed by atoms with Crippen LogP contribution in [0.3, 0.4) is 0 Å². The number of nitrogens with one attached hydrogen (secondary N) is 1. The molecule has 0 radical (unpaired) electrons. The van der Waals surface area contributed by atoms with Crippen molar-refractivity contribution < 1.29 is 9.59 Å². The van der Waals surface area contributed by atoms with Crippen molar-refractivity contribution in [3.8, 4) is 0 Å². The Balaban J connectivity index is 1.15. The summed E-state index contributed by atoms with van der Waals surface area (Å²) in [6.07, 6.45) is 13.3.